The van der Waals surface area contributed by atoms with E-state index in [9.17, 15) is 4.79 Å². The van der Waals surface area contributed by atoms with E-state index in [4.69, 9.17) is 5.73 Å². The normalized spacial score (nSPS) is 16.8. The number of anilines is 1. The molecule has 1 aromatic heterocycles. The number of nitrogens with zero attached hydrogens (tertiary/aromatic N) is 1. The summed E-state index contributed by atoms with van der Waals surface area (Å²) in [4.78, 5) is 12.4. The van der Waals surface area contributed by atoms with Gasteiger partial charge in [-0.1, -0.05) is 31.4 Å². The number of aromatic nitrogens is 2. The van der Waals surface area contributed by atoms with Crippen LogP contribution in [0.3, 0.4) is 0 Å². The fraction of sp³-hybridized carbons (Fsp3) is 0.474. The quantitative estimate of drug-likeness (QED) is 0.803. The van der Waals surface area contributed by atoms with Gasteiger partial charge in [-0.3, -0.25) is 9.89 Å². The zero-order valence-corrected chi connectivity index (χ0v) is 14.4. The van der Waals surface area contributed by atoms with Gasteiger partial charge in [0.05, 0.1) is 11.7 Å². The molecule has 1 fully saturated rings. The first-order valence-electron chi connectivity index (χ1n) is 8.74. The third-order valence-corrected chi connectivity index (χ3v) is 5.03. The first kappa shape index (κ1) is 16.7. The van der Waals surface area contributed by atoms with Gasteiger partial charge in [0.2, 0.25) is 5.91 Å². The van der Waals surface area contributed by atoms with Gasteiger partial charge in [-0.05, 0) is 50.3 Å². The maximum Gasteiger partial charge on any atom is 0.241 e. The molecular weight excluding hydrogens is 300 g/mol. The number of nitrogens with one attached hydrogen (secondary N) is 2. The van der Waals surface area contributed by atoms with Crippen molar-refractivity contribution < 1.29 is 4.79 Å². The number of amides is 1. The minimum absolute atomic E-state index is 0.0784. The van der Waals surface area contributed by atoms with E-state index in [-0.39, 0.29) is 5.91 Å². The molecule has 1 aliphatic carbocycles. The van der Waals surface area contributed by atoms with Crippen molar-refractivity contribution in [2.45, 2.75) is 52.0 Å². The highest BCUT2D eigenvalue weighted by atomic mass is 16.2. The maximum absolute atomic E-state index is 12.4. The number of nitrogens with two attached hydrogens (primary N) is 1. The summed E-state index contributed by atoms with van der Waals surface area (Å²) in [6.45, 7) is 3.99. The summed E-state index contributed by atoms with van der Waals surface area (Å²) in [7, 11) is 0. The van der Waals surface area contributed by atoms with Crippen LogP contribution in [0.1, 0.15) is 43.5 Å². The van der Waals surface area contributed by atoms with Crippen LogP contribution in [0.2, 0.25) is 0 Å². The molecule has 0 unspecified atom stereocenters. The van der Waals surface area contributed by atoms with Crippen molar-refractivity contribution in [2.75, 3.05) is 5.32 Å². The molecule has 1 heterocycles. The molecule has 1 atom stereocenters. The van der Waals surface area contributed by atoms with E-state index in [1.807, 2.05) is 38.1 Å². The third kappa shape index (κ3) is 3.51. The fourth-order valence-corrected chi connectivity index (χ4v) is 3.63. The van der Waals surface area contributed by atoms with Gasteiger partial charge < -0.3 is 11.1 Å². The van der Waals surface area contributed by atoms with Crippen LogP contribution >= 0.6 is 0 Å². The first-order chi connectivity index (χ1) is 11.6. The molecule has 2 aromatic rings. The highest BCUT2D eigenvalue weighted by molar-refractivity contribution is 5.95. The molecule has 128 valence electrons. The summed E-state index contributed by atoms with van der Waals surface area (Å²) in [6.07, 6.45) is 5.76. The first-order valence-corrected chi connectivity index (χ1v) is 8.74. The van der Waals surface area contributed by atoms with Gasteiger partial charge in [0.15, 0.2) is 0 Å². The van der Waals surface area contributed by atoms with Crippen LogP contribution in [0.4, 0.5) is 5.69 Å². The number of H-pyrrole nitrogens is 1. The van der Waals surface area contributed by atoms with E-state index in [1.165, 1.54) is 19.3 Å². The Labute approximate surface area is 143 Å². The zero-order valence-electron chi connectivity index (χ0n) is 14.4. The number of hydrogen-bond acceptors (Lipinski definition) is 3. The Bertz CT molecular complexity index is 679. The van der Waals surface area contributed by atoms with Crippen LogP contribution in [0, 0.1) is 19.8 Å². The number of aromatic amines is 1. The average molecular weight is 326 g/mol. The molecule has 4 N–H and O–H groups in total. The van der Waals surface area contributed by atoms with Gasteiger partial charge in [0.25, 0.3) is 0 Å². The van der Waals surface area contributed by atoms with Crippen LogP contribution in [0.25, 0.3) is 11.1 Å². The van der Waals surface area contributed by atoms with Crippen molar-refractivity contribution in [3.05, 3.63) is 35.7 Å². The Morgan fingerprint density at radius 1 is 1.21 bits per heavy atom. The van der Waals surface area contributed by atoms with E-state index in [0.717, 1.165) is 41.0 Å². The lowest BCUT2D eigenvalue weighted by Gasteiger charge is -2.26. The van der Waals surface area contributed by atoms with Gasteiger partial charge in [-0.2, -0.15) is 5.10 Å². The molecule has 5 heteroatoms. The van der Waals surface area contributed by atoms with E-state index < -0.39 is 6.04 Å². The smallest absolute Gasteiger partial charge is 0.241 e. The second-order valence-electron chi connectivity index (χ2n) is 6.80. The average Bonchev–Trinajstić information content (AvgIpc) is 2.94. The summed E-state index contributed by atoms with van der Waals surface area (Å²) in [5.74, 6) is 0.236. The highest BCUT2D eigenvalue weighted by Crippen LogP contribution is 2.28. The maximum atomic E-state index is 12.4. The molecule has 24 heavy (non-hydrogen) atoms. The Morgan fingerprint density at radius 3 is 2.46 bits per heavy atom. The molecule has 1 aliphatic rings. The van der Waals surface area contributed by atoms with E-state index in [2.05, 4.69) is 15.5 Å². The number of aryl methyl sites for hydroxylation is 2. The van der Waals surface area contributed by atoms with Crippen LogP contribution in [0.15, 0.2) is 24.3 Å². The predicted molar refractivity (Wildman–Crippen MR) is 96.7 cm³/mol. The van der Waals surface area contributed by atoms with Crippen molar-refractivity contribution >= 4 is 11.6 Å². The van der Waals surface area contributed by atoms with Crippen molar-refractivity contribution in [1.29, 1.82) is 0 Å². The molecule has 5 nitrogen and oxygen atoms in total. The summed E-state index contributed by atoms with van der Waals surface area (Å²) in [6, 6.07) is 7.45. The number of carbonyl (C=O) groups excluding carboxylic acids is 1. The highest BCUT2D eigenvalue weighted by Gasteiger charge is 2.26. The molecule has 3 rings (SSSR count). The fourth-order valence-electron chi connectivity index (χ4n) is 3.63. The predicted octanol–water partition coefficient (Wildman–Crippen LogP) is 3.54. The molecule has 0 spiro atoms. The lowest BCUT2D eigenvalue weighted by molar-refractivity contribution is -0.118. The molecule has 0 saturated heterocycles. The molecule has 1 aromatic carbocycles. The minimum atomic E-state index is -0.414. The largest absolute Gasteiger partial charge is 0.325 e. The Kier molecular flexibility index (Phi) is 5.00. The van der Waals surface area contributed by atoms with Crippen LogP contribution in [0.5, 0.6) is 0 Å². The van der Waals surface area contributed by atoms with E-state index in [1.54, 1.807) is 0 Å². The van der Waals surface area contributed by atoms with Gasteiger partial charge >= 0.3 is 0 Å². The number of carbonyl (C=O) groups is 1. The van der Waals surface area contributed by atoms with Crippen molar-refractivity contribution in [3.8, 4) is 11.1 Å². The molecule has 0 aliphatic heterocycles. The van der Waals surface area contributed by atoms with Crippen LogP contribution in [-0.2, 0) is 4.79 Å². The number of rotatable bonds is 4. The standard InChI is InChI=1S/C19H26N4O/c1-12-17(13(2)23-22-12)14-8-10-16(11-9-14)21-19(24)18(20)15-6-4-3-5-7-15/h8-11,15,18H,3-7,20H2,1-2H3,(H,21,24)(H,22,23)/t18-/m0/s1. The number of benzene rings is 1. The lowest BCUT2D eigenvalue weighted by Crippen LogP contribution is -2.42. The zero-order chi connectivity index (χ0) is 17.1. The van der Waals surface area contributed by atoms with Gasteiger partial charge in [-0.15, -0.1) is 0 Å². The van der Waals surface area contributed by atoms with Crippen LogP contribution < -0.4 is 11.1 Å². The third-order valence-electron chi connectivity index (χ3n) is 5.03. The Morgan fingerprint density at radius 2 is 1.88 bits per heavy atom. The topological polar surface area (TPSA) is 83.8 Å². The molecule has 0 bridgehead atoms. The Hall–Kier alpha value is -2.14. The summed E-state index contributed by atoms with van der Waals surface area (Å²) < 4.78 is 0. The molecular formula is C19H26N4O. The second kappa shape index (κ2) is 7.18. The lowest BCUT2D eigenvalue weighted by atomic mass is 9.84. The summed E-state index contributed by atoms with van der Waals surface area (Å²) >= 11 is 0. The van der Waals surface area contributed by atoms with Crippen molar-refractivity contribution in [3.63, 3.8) is 0 Å². The van der Waals surface area contributed by atoms with E-state index in [0.29, 0.717) is 5.92 Å². The second-order valence-corrected chi connectivity index (χ2v) is 6.80. The molecule has 1 amide bonds. The minimum Gasteiger partial charge on any atom is -0.325 e. The molecule has 1 saturated carbocycles. The van der Waals surface area contributed by atoms with Gasteiger partial charge in [-0.25, -0.2) is 0 Å². The van der Waals surface area contributed by atoms with Crippen molar-refractivity contribution in [1.82, 2.24) is 10.2 Å². The van der Waals surface area contributed by atoms with Gasteiger partial charge in [0, 0.05) is 16.9 Å². The van der Waals surface area contributed by atoms with E-state index >= 15 is 0 Å². The van der Waals surface area contributed by atoms with Crippen LogP contribution in [-0.4, -0.2) is 22.1 Å². The van der Waals surface area contributed by atoms with Gasteiger partial charge in [0.1, 0.15) is 0 Å². The van der Waals surface area contributed by atoms with Crippen molar-refractivity contribution in [2.24, 2.45) is 11.7 Å². The molecule has 0 radical (unpaired) electrons. The SMILES string of the molecule is Cc1n[nH]c(C)c1-c1ccc(NC(=O)[C@@H](N)C2CCCCC2)cc1. The number of hydrogen-bond donors (Lipinski definition) is 3. The monoisotopic (exact) mass is 326 g/mol. The summed E-state index contributed by atoms with van der Waals surface area (Å²) in [5.41, 5.74) is 11.2. The Balaban J connectivity index is 1.66. The summed E-state index contributed by atoms with van der Waals surface area (Å²) in [5, 5.41) is 10.2.